The van der Waals surface area contributed by atoms with Gasteiger partial charge in [0.2, 0.25) is 6.33 Å². The molecule has 112 valence electrons. The summed E-state index contributed by atoms with van der Waals surface area (Å²) in [7, 11) is 2.02. The van der Waals surface area contributed by atoms with Crippen molar-refractivity contribution in [3.63, 3.8) is 0 Å². The predicted octanol–water partition coefficient (Wildman–Crippen LogP) is 0.974. The van der Waals surface area contributed by atoms with Gasteiger partial charge in [-0.25, -0.2) is 9.13 Å². The Labute approximate surface area is 125 Å². The Hall–Kier alpha value is -2.01. The highest BCUT2D eigenvalue weighted by Gasteiger charge is 2.18. The summed E-state index contributed by atoms with van der Waals surface area (Å²) in [5.74, 6) is 0. The molecule has 1 aliphatic heterocycles. The number of nitrogens with two attached hydrogens (primary N) is 1. The molecule has 0 saturated heterocycles. The van der Waals surface area contributed by atoms with Crippen molar-refractivity contribution in [3.8, 4) is 0 Å². The van der Waals surface area contributed by atoms with E-state index >= 15 is 0 Å². The van der Waals surface area contributed by atoms with Crippen molar-refractivity contribution in [2.75, 3.05) is 36.9 Å². The number of benzene rings is 1. The minimum absolute atomic E-state index is 0.742. The number of ether oxygens (including phenoxy) is 1. The van der Waals surface area contributed by atoms with Crippen molar-refractivity contribution in [1.82, 2.24) is 4.57 Å². The SMILES string of the molecule is C[n+]1ccn(CCOCCN2CCc3ccc(N)cc32)c1. The van der Waals surface area contributed by atoms with E-state index in [2.05, 4.69) is 34.1 Å². The fraction of sp³-hybridized carbons (Fsp3) is 0.438. The Balaban J connectivity index is 1.42. The van der Waals surface area contributed by atoms with Crippen LogP contribution in [0.4, 0.5) is 11.4 Å². The van der Waals surface area contributed by atoms with Gasteiger partial charge in [0, 0.05) is 24.5 Å². The molecule has 0 saturated carbocycles. The van der Waals surface area contributed by atoms with Crippen LogP contribution in [0.3, 0.4) is 0 Å². The summed E-state index contributed by atoms with van der Waals surface area (Å²) < 4.78 is 9.92. The second-order valence-corrected chi connectivity index (χ2v) is 5.55. The summed E-state index contributed by atoms with van der Waals surface area (Å²) in [5.41, 5.74) is 9.38. The molecule has 0 amide bonds. The van der Waals surface area contributed by atoms with Gasteiger partial charge in [-0.1, -0.05) is 6.07 Å². The summed E-state index contributed by atoms with van der Waals surface area (Å²) in [6.07, 6.45) is 7.26. The lowest BCUT2D eigenvalue weighted by Gasteiger charge is -2.19. The zero-order valence-electron chi connectivity index (χ0n) is 12.5. The average molecular weight is 287 g/mol. The third kappa shape index (κ3) is 3.36. The van der Waals surface area contributed by atoms with Gasteiger partial charge in [0.25, 0.3) is 0 Å². The maximum Gasteiger partial charge on any atom is 0.243 e. The number of fused-ring (bicyclic) bond motifs is 1. The molecule has 1 aromatic carbocycles. The Bertz CT molecular complexity index is 608. The van der Waals surface area contributed by atoms with Gasteiger partial charge >= 0.3 is 0 Å². The van der Waals surface area contributed by atoms with Crippen molar-refractivity contribution in [2.45, 2.75) is 13.0 Å². The van der Waals surface area contributed by atoms with Crippen LogP contribution in [0.2, 0.25) is 0 Å². The minimum atomic E-state index is 0.742. The van der Waals surface area contributed by atoms with E-state index in [1.807, 2.05) is 23.9 Å². The fourth-order valence-electron chi connectivity index (χ4n) is 2.78. The summed E-state index contributed by atoms with van der Waals surface area (Å²) in [6.45, 7) is 4.38. The van der Waals surface area contributed by atoms with E-state index in [0.29, 0.717) is 0 Å². The first-order valence-corrected chi connectivity index (χ1v) is 7.44. The van der Waals surface area contributed by atoms with Crippen LogP contribution < -0.4 is 15.2 Å². The Morgan fingerprint density at radius 1 is 1.29 bits per heavy atom. The van der Waals surface area contributed by atoms with E-state index in [4.69, 9.17) is 10.5 Å². The first kappa shape index (κ1) is 13.9. The first-order chi connectivity index (χ1) is 10.2. The molecule has 5 nitrogen and oxygen atoms in total. The maximum atomic E-state index is 5.87. The van der Waals surface area contributed by atoms with E-state index in [9.17, 15) is 0 Å². The number of nitrogens with zero attached hydrogens (tertiary/aromatic N) is 3. The molecule has 1 aliphatic rings. The molecule has 1 aromatic heterocycles. The number of imidazole rings is 1. The standard InChI is InChI=1S/C16H23N4O/c1-18-6-7-19(13-18)8-10-21-11-9-20-5-4-14-2-3-15(17)12-16(14)20/h2-3,6-7,12-13H,4-5,8-11,17H2,1H3/q+1. The zero-order valence-corrected chi connectivity index (χ0v) is 12.5. The van der Waals surface area contributed by atoms with Gasteiger partial charge < -0.3 is 15.4 Å². The number of aromatic nitrogens is 2. The van der Waals surface area contributed by atoms with E-state index in [1.165, 1.54) is 11.3 Å². The van der Waals surface area contributed by atoms with Crippen LogP contribution in [0.15, 0.2) is 36.9 Å². The molecular formula is C16H23N4O+. The number of hydrogen-bond acceptors (Lipinski definition) is 3. The summed E-state index contributed by atoms with van der Waals surface area (Å²) >= 11 is 0. The zero-order chi connectivity index (χ0) is 14.7. The van der Waals surface area contributed by atoms with E-state index in [0.717, 1.165) is 45.0 Å². The second-order valence-electron chi connectivity index (χ2n) is 5.55. The molecule has 0 spiro atoms. The minimum Gasteiger partial charge on any atom is -0.399 e. The topological polar surface area (TPSA) is 47.3 Å². The van der Waals surface area contributed by atoms with Gasteiger partial charge in [-0.05, 0) is 24.1 Å². The molecular weight excluding hydrogens is 264 g/mol. The van der Waals surface area contributed by atoms with E-state index in [1.54, 1.807) is 0 Å². The molecule has 21 heavy (non-hydrogen) atoms. The number of rotatable bonds is 6. The van der Waals surface area contributed by atoms with Gasteiger partial charge in [-0.15, -0.1) is 0 Å². The van der Waals surface area contributed by atoms with Gasteiger partial charge in [0.05, 0.1) is 20.3 Å². The lowest BCUT2D eigenvalue weighted by molar-refractivity contribution is -0.671. The Morgan fingerprint density at radius 2 is 2.14 bits per heavy atom. The van der Waals surface area contributed by atoms with Gasteiger partial charge in [0.1, 0.15) is 18.9 Å². The number of nitrogen functional groups attached to an aromatic ring is 1. The van der Waals surface area contributed by atoms with Crippen molar-refractivity contribution < 1.29 is 9.30 Å². The highest BCUT2D eigenvalue weighted by atomic mass is 16.5. The quantitative estimate of drug-likeness (QED) is 0.489. The molecule has 0 radical (unpaired) electrons. The van der Waals surface area contributed by atoms with Crippen molar-refractivity contribution in [3.05, 3.63) is 42.5 Å². The van der Waals surface area contributed by atoms with Gasteiger partial charge in [0.15, 0.2) is 0 Å². The van der Waals surface area contributed by atoms with Crippen molar-refractivity contribution >= 4 is 11.4 Å². The summed E-state index contributed by atoms with van der Waals surface area (Å²) in [5, 5.41) is 0. The van der Waals surface area contributed by atoms with Crippen LogP contribution in [-0.2, 0) is 24.8 Å². The van der Waals surface area contributed by atoms with Crippen LogP contribution in [0.5, 0.6) is 0 Å². The number of aryl methyl sites for hydroxylation is 1. The largest absolute Gasteiger partial charge is 0.399 e. The molecule has 3 rings (SSSR count). The summed E-state index contributed by atoms with van der Waals surface area (Å²) in [4.78, 5) is 2.36. The lowest BCUT2D eigenvalue weighted by Crippen LogP contribution is -2.26. The highest BCUT2D eigenvalue weighted by Crippen LogP contribution is 2.29. The number of hydrogen-bond donors (Lipinski definition) is 1. The molecule has 0 atom stereocenters. The molecule has 0 fully saturated rings. The third-order valence-electron chi connectivity index (χ3n) is 3.92. The van der Waals surface area contributed by atoms with E-state index < -0.39 is 0 Å². The molecule has 0 bridgehead atoms. The normalized spacial score (nSPS) is 13.7. The average Bonchev–Trinajstić information content (AvgIpc) is 3.05. The third-order valence-corrected chi connectivity index (χ3v) is 3.92. The molecule has 2 aromatic rings. The highest BCUT2D eigenvalue weighted by molar-refractivity contribution is 5.64. The Morgan fingerprint density at radius 3 is 2.95 bits per heavy atom. The molecule has 0 aliphatic carbocycles. The van der Waals surface area contributed by atoms with Crippen LogP contribution in [0.1, 0.15) is 5.56 Å². The van der Waals surface area contributed by atoms with Crippen molar-refractivity contribution in [2.24, 2.45) is 7.05 Å². The lowest BCUT2D eigenvalue weighted by atomic mass is 10.1. The monoisotopic (exact) mass is 287 g/mol. The van der Waals surface area contributed by atoms with Crippen LogP contribution >= 0.6 is 0 Å². The molecule has 5 heteroatoms. The Kier molecular flexibility index (Phi) is 4.10. The molecule has 2 heterocycles. The van der Waals surface area contributed by atoms with E-state index in [-0.39, 0.29) is 0 Å². The first-order valence-electron chi connectivity index (χ1n) is 7.44. The maximum absolute atomic E-state index is 5.87. The molecule has 2 N–H and O–H groups in total. The van der Waals surface area contributed by atoms with Crippen molar-refractivity contribution in [1.29, 1.82) is 0 Å². The fourth-order valence-corrected chi connectivity index (χ4v) is 2.78. The predicted molar refractivity (Wildman–Crippen MR) is 83.2 cm³/mol. The number of anilines is 2. The summed E-state index contributed by atoms with van der Waals surface area (Å²) in [6, 6.07) is 6.19. The smallest absolute Gasteiger partial charge is 0.243 e. The van der Waals surface area contributed by atoms with Crippen LogP contribution in [-0.4, -0.2) is 30.9 Å². The van der Waals surface area contributed by atoms with Gasteiger partial charge in [-0.2, -0.15) is 0 Å². The van der Waals surface area contributed by atoms with Crippen LogP contribution in [0.25, 0.3) is 0 Å². The second kappa shape index (κ2) is 6.18. The van der Waals surface area contributed by atoms with Crippen LogP contribution in [0, 0.1) is 0 Å². The van der Waals surface area contributed by atoms with Gasteiger partial charge in [-0.3, -0.25) is 0 Å². The molecule has 0 unspecified atom stereocenters.